The van der Waals surface area contributed by atoms with Gasteiger partial charge in [-0.1, -0.05) is 11.6 Å². The van der Waals surface area contributed by atoms with Crippen molar-refractivity contribution in [2.24, 2.45) is 0 Å². The van der Waals surface area contributed by atoms with Crippen molar-refractivity contribution in [2.75, 3.05) is 14.2 Å². The second kappa shape index (κ2) is 6.84. The molecule has 3 aromatic rings. The van der Waals surface area contributed by atoms with Crippen molar-refractivity contribution in [3.05, 3.63) is 53.2 Å². The van der Waals surface area contributed by atoms with Crippen molar-refractivity contribution in [1.29, 1.82) is 0 Å². The topological polar surface area (TPSA) is 76.2 Å². The minimum atomic E-state index is -0.245. The molecule has 0 bridgehead atoms. The summed E-state index contributed by atoms with van der Waals surface area (Å²) in [7, 11) is 3.20. The number of aromatic nitrogens is 2. The number of aryl methyl sites for hydroxylation is 1. The summed E-state index contributed by atoms with van der Waals surface area (Å²) in [6.07, 6.45) is 0. The molecule has 0 aliphatic heterocycles. The maximum absolute atomic E-state index is 12.7. The van der Waals surface area contributed by atoms with Crippen LogP contribution in [0.3, 0.4) is 0 Å². The summed E-state index contributed by atoms with van der Waals surface area (Å²) in [4.78, 5) is 12.7. The van der Waals surface area contributed by atoms with E-state index in [9.17, 15) is 4.79 Å². The van der Waals surface area contributed by atoms with Crippen molar-refractivity contribution < 1.29 is 14.3 Å². The third kappa shape index (κ3) is 3.28. The van der Waals surface area contributed by atoms with E-state index in [-0.39, 0.29) is 11.9 Å². The summed E-state index contributed by atoms with van der Waals surface area (Å²) in [5, 5.41) is 10.9. The van der Waals surface area contributed by atoms with Crippen LogP contribution in [-0.4, -0.2) is 30.3 Å². The number of hydrogen-bond acceptors (Lipinski definition) is 4. The van der Waals surface area contributed by atoms with E-state index < -0.39 is 0 Å². The molecule has 1 heterocycles. The van der Waals surface area contributed by atoms with Gasteiger partial charge in [0.25, 0.3) is 5.91 Å². The molecule has 6 heteroatoms. The van der Waals surface area contributed by atoms with Gasteiger partial charge < -0.3 is 14.8 Å². The second-order valence-corrected chi connectivity index (χ2v) is 5.92. The van der Waals surface area contributed by atoms with Crippen LogP contribution in [0, 0.1) is 6.92 Å². The van der Waals surface area contributed by atoms with E-state index in [4.69, 9.17) is 9.47 Å². The van der Waals surface area contributed by atoms with Gasteiger partial charge in [0.1, 0.15) is 11.5 Å². The molecule has 0 aliphatic rings. The fraction of sp³-hybridized carbons (Fsp3) is 0.263. The summed E-state index contributed by atoms with van der Waals surface area (Å²) in [6, 6.07) is 11.1. The molecule has 130 valence electrons. The number of nitrogens with zero attached hydrogens (tertiary/aromatic N) is 1. The predicted molar refractivity (Wildman–Crippen MR) is 96.3 cm³/mol. The standard InChI is InChI=1S/C19H21N3O3/c1-11-5-8-16-15(9-11)18(22-21-16)19(23)20-12(2)14-7-6-13(24-3)10-17(14)25-4/h5-10,12H,1-4H3,(H,20,23)(H,21,22). The number of H-pyrrole nitrogens is 1. The Kier molecular flexibility index (Phi) is 4.61. The van der Waals surface area contributed by atoms with Crippen LogP contribution < -0.4 is 14.8 Å². The molecule has 3 rings (SSSR count). The molecule has 0 radical (unpaired) electrons. The summed E-state index contributed by atoms with van der Waals surface area (Å²) in [6.45, 7) is 3.89. The maximum Gasteiger partial charge on any atom is 0.272 e. The average molecular weight is 339 g/mol. The Labute approximate surface area is 146 Å². The van der Waals surface area contributed by atoms with Gasteiger partial charge in [-0.05, 0) is 38.1 Å². The molecule has 0 aliphatic carbocycles. The van der Waals surface area contributed by atoms with Crippen molar-refractivity contribution in [2.45, 2.75) is 19.9 Å². The molecule has 6 nitrogen and oxygen atoms in total. The Bertz CT molecular complexity index is 917. The quantitative estimate of drug-likeness (QED) is 0.747. The molecule has 1 atom stereocenters. The van der Waals surface area contributed by atoms with Crippen LogP contribution in [-0.2, 0) is 0 Å². The van der Waals surface area contributed by atoms with Crippen LogP contribution in [0.25, 0.3) is 10.9 Å². The largest absolute Gasteiger partial charge is 0.497 e. The number of benzene rings is 2. The van der Waals surface area contributed by atoms with Gasteiger partial charge in [-0.15, -0.1) is 0 Å². The SMILES string of the molecule is COc1ccc(C(C)NC(=O)c2n[nH]c3ccc(C)cc23)c(OC)c1. The molecule has 1 unspecified atom stereocenters. The van der Waals surface area contributed by atoms with Crippen LogP contribution in [0.1, 0.15) is 34.6 Å². The second-order valence-electron chi connectivity index (χ2n) is 5.92. The lowest BCUT2D eigenvalue weighted by Crippen LogP contribution is -2.27. The zero-order valence-corrected chi connectivity index (χ0v) is 14.7. The zero-order chi connectivity index (χ0) is 18.0. The number of nitrogens with one attached hydrogen (secondary N) is 2. The van der Waals surface area contributed by atoms with Crippen LogP contribution >= 0.6 is 0 Å². The third-order valence-electron chi connectivity index (χ3n) is 4.19. The molecule has 2 aromatic carbocycles. The molecule has 1 amide bonds. The number of aromatic amines is 1. The Hall–Kier alpha value is -3.02. The first-order chi connectivity index (χ1) is 12.0. The molecule has 0 saturated carbocycles. The van der Waals surface area contributed by atoms with Crippen molar-refractivity contribution in [3.63, 3.8) is 0 Å². The first-order valence-corrected chi connectivity index (χ1v) is 8.01. The molecule has 25 heavy (non-hydrogen) atoms. The first kappa shape index (κ1) is 16.8. The minimum absolute atomic E-state index is 0.234. The lowest BCUT2D eigenvalue weighted by atomic mass is 10.1. The third-order valence-corrected chi connectivity index (χ3v) is 4.19. The number of amides is 1. The fourth-order valence-corrected chi connectivity index (χ4v) is 2.82. The molecule has 2 N–H and O–H groups in total. The van der Waals surface area contributed by atoms with Gasteiger partial charge >= 0.3 is 0 Å². The highest BCUT2D eigenvalue weighted by molar-refractivity contribution is 6.04. The Morgan fingerprint density at radius 2 is 1.96 bits per heavy atom. The lowest BCUT2D eigenvalue weighted by Gasteiger charge is -2.17. The predicted octanol–water partition coefficient (Wildman–Crippen LogP) is 3.38. The average Bonchev–Trinajstić information content (AvgIpc) is 3.04. The normalized spacial score (nSPS) is 12.0. The van der Waals surface area contributed by atoms with E-state index in [1.807, 2.05) is 44.2 Å². The van der Waals surface area contributed by atoms with Gasteiger partial charge in [0.15, 0.2) is 5.69 Å². The molecule has 0 fully saturated rings. The van der Waals surface area contributed by atoms with Crippen LogP contribution in [0.5, 0.6) is 11.5 Å². The van der Waals surface area contributed by atoms with Gasteiger partial charge in [0.05, 0.1) is 25.8 Å². The molecule has 0 spiro atoms. The maximum atomic E-state index is 12.7. The van der Waals surface area contributed by atoms with Crippen molar-refractivity contribution in [3.8, 4) is 11.5 Å². The highest BCUT2D eigenvalue weighted by Gasteiger charge is 2.19. The van der Waals surface area contributed by atoms with Crippen LogP contribution in [0.15, 0.2) is 36.4 Å². The van der Waals surface area contributed by atoms with Crippen molar-refractivity contribution in [1.82, 2.24) is 15.5 Å². The summed E-state index contributed by atoms with van der Waals surface area (Å²) >= 11 is 0. The van der Waals surface area contributed by atoms with E-state index in [1.165, 1.54) is 0 Å². The van der Waals surface area contributed by atoms with E-state index in [0.29, 0.717) is 17.2 Å². The minimum Gasteiger partial charge on any atom is -0.497 e. The Morgan fingerprint density at radius 3 is 2.68 bits per heavy atom. The van der Waals surface area contributed by atoms with E-state index in [0.717, 1.165) is 22.0 Å². The smallest absolute Gasteiger partial charge is 0.272 e. The highest BCUT2D eigenvalue weighted by Crippen LogP contribution is 2.29. The summed E-state index contributed by atoms with van der Waals surface area (Å²) in [5.74, 6) is 1.13. The summed E-state index contributed by atoms with van der Waals surface area (Å²) < 4.78 is 10.6. The van der Waals surface area contributed by atoms with E-state index >= 15 is 0 Å². The van der Waals surface area contributed by atoms with Crippen molar-refractivity contribution >= 4 is 16.8 Å². The number of fused-ring (bicyclic) bond motifs is 1. The van der Waals surface area contributed by atoms with Gasteiger partial charge in [0, 0.05) is 17.0 Å². The number of carbonyl (C=O) groups is 1. The van der Waals surface area contributed by atoms with E-state index in [2.05, 4.69) is 15.5 Å². The van der Waals surface area contributed by atoms with Gasteiger partial charge in [-0.25, -0.2) is 0 Å². The Balaban J connectivity index is 1.86. The van der Waals surface area contributed by atoms with Crippen LogP contribution in [0.4, 0.5) is 0 Å². The number of rotatable bonds is 5. The molecular formula is C19H21N3O3. The van der Waals surface area contributed by atoms with E-state index in [1.54, 1.807) is 20.3 Å². The highest BCUT2D eigenvalue weighted by atomic mass is 16.5. The monoisotopic (exact) mass is 339 g/mol. The first-order valence-electron chi connectivity index (χ1n) is 8.01. The van der Waals surface area contributed by atoms with Gasteiger partial charge in [0.2, 0.25) is 0 Å². The molecule has 0 saturated heterocycles. The fourth-order valence-electron chi connectivity index (χ4n) is 2.82. The van der Waals surface area contributed by atoms with Gasteiger partial charge in [-0.2, -0.15) is 5.10 Å². The molecular weight excluding hydrogens is 318 g/mol. The number of hydrogen-bond donors (Lipinski definition) is 2. The lowest BCUT2D eigenvalue weighted by molar-refractivity contribution is 0.0936. The zero-order valence-electron chi connectivity index (χ0n) is 14.7. The van der Waals surface area contributed by atoms with Crippen LogP contribution in [0.2, 0.25) is 0 Å². The number of methoxy groups -OCH3 is 2. The number of ether oxygens (including phenoxy) is 2. The Morgan fingerprint density at radius 1 is 1.16 bits per heavy atom. The summed E-state index contributed by atoms with van der Waals surface area (Å²) in [5.41, 5.74) is 3.17. The van der Waals surface area contributed by atoms with Gasteiger partial charge in [-0.3, -0.25) is 9.89 Å². The molecule has 1 aromatic heterocycles. The number of carbonyl (C=O) groups excluding carboxylic acids is 1.